The van der Waals surface area contributed by atoms with Gasteiger partial charge in [0.15, 0.2) is 0 Å². The van der Waals surface area contributed by atoms with Crippen LogP contribution < -0.4 is 0 Å². The van der Waals surface area contributed by atoms with Crippen LogP contribution in [-0.2, 0) is 28.5 Å². The third kappa shape index (κ3) is 45.3. The van der Waals surface area contributed by atoms with Crippen molar-refractivity contribution in [3.8, 4) is 0 Å². The summed E-state index contributed by atoms with van der Waals surface area (Å²) in [5, 5.41) is 0. The maximum atomic E-state index is 13.8. The number of carbonyl (C=O) groups is 3. The first kappa shape index (κ1) is 66.1. The monoisotopic (exact) mass is 965 g/mol. The van der Waals surface area contributed by atoms with Crippen molar-refractivity contribution < 1.29 is 33.3 Å². The molecule has 0 aromatic carbocycles. The molecule has 0 heterocycles. The number of hydrogen-bond donors (Lipinski definition) is 0. The van der Waals surface area contributed by atoms with Gasteiger partial charge < -0.3 is 28.7 Å². The molecular weight excluding hydrogens is 849 g/mol. The average molecular weight is 966 g/mol. The van der Waals surface area contributed by atoms with E-state index in [4.69, 9.17) is 18.9 Å². The molecule has 404 valence electrons. The molecule has 0 aromatic rings. The Morgan fingerprint density at radius 1 is 0.338 bits per heavy atom. The lowest BCUT2D eigenvalue weighted by Gasteiger charge is -2.26. The van der Waals surface area contributed by atoms with Crippen molar-refractivity contribution in [2.75, 3.05) is 46.9 Å². The molecule has 0 unspecified atom stereocenters. The van der Waals surface area contributed by atoms with Gasteiger partial charge in [0.05, 0.1) is 0 Å². The minimum atomic E-state index is -0.159. The first-order valence-electron chi connectivity index (χ1n) is 29.8. The Labute approximate surface area is 422 Å². The average Bonchev–Trinajstić information content (AvgIpc) is 3.32. The standard InChI is InChI=1S/C59H116N2O7/c1-8-13-18-30-41-54(42-31-19-14-9-2)66-57(62)47-36-28-24-22-26-34-45-56(68-59(64)61(51-40-49-60(6)7)50-38-39-53-65-52-17-12-5)46-35-27-23-25-29-37-48-58(63)67-55(43-32-20-15-10-3)44-33-21-16-11-4/h54-56H,8-53H2,1-7H3. The number of ether oxygens (including phenoxy) is 4. The second kappa shape index (κ2) is 51.5. The molecule has 0 atom stereocenters. The number of esters is 2. The summed E-state index contributed by atoms with van der Waals surface area (Å²) in [6, 6.07) is 0. The van der Waals surface area contributed by atoms with Crippen LogP contribution in [0.1, 0.15) is 298 Å². The topological polar surface area (TPSA) is 94.6 Å². The zero-order chi connectivity index (χ0) is 50.0. The second-order valence-corrected chi connectivity index (χ2v) is 20.8. The number of nitrogens with zero attached hydrogens (tertiary/aromatic N) is 2. The van der Waals surface area contributed by atoms with Gasteiger partial charge in [-0.3, -0.25) is 9.59 Å². The van der Waals surface area contributed by atoms with E-state index in [0.717, 1.165) is 193 Å². The van der Waals surface area contributed by atoms with Gasteiger partial charge in [-0.15, -0.1) is 0 Å². The molecular formula is C59H116N2O7. The zero-order valence-corrected chi connectivity index (χ0v) is 46.5. The SMILES string of the molecule is CCCCCCC(CCCCCC)OC(=O)CCCCCCCCC(CCCCCCCCC(=O)OC(CCCCCC)CCCCCC)OC(=O)N(CCCCOCCCC)CCCN(C)C. The predicted molar refractivity (Wildman–Crippen MR) is 289 cm³/mol. The first-order chi connectivity index (χ1) is 33.2. The van der Waals surface area contributed by atoms with Crippen LogP contribution in [0, 0.1) is 0 Å². The van der Waals surface area contributed by atoms with Crippen molar-refractivity contribution in [3.05, 3.63) is 0 Å². The van der Waals surface area contributed by atoms with Crippen LogP contribution in [-0.4, -0.2) is 93.1 Å². The largest absolute Gasteiger partial charge is 0.462 e. The molecule has 0 N–H and O–H groups in total. The fourth-order valence-corrected chi connectivity index (χ4v) is 9.11. The minimum Gasteiger partial charge on any atom is -0.462 e. The van der Waals surface area contributed by atoms with Crippen molar-refractivity contribution >= 4 is 18.0 Å². The van der Waals surface area contributed by atoms with E-state index in [1.165, 1.54) is 77.0 Å². The molecule has 1 amide bonds. The molecule has 0 aliphatic carbocycles. The van der Waals surface area contributed by atoms with E-state index < -0.39 is 0 Å². The van der Waals surface area contributed by atoms with Gasteiger partial charge in [-0.2, -0.15) is 0 Å². The number of carbonyl (C=O) groups excluding carboxylic acids is 3. The molecule has 0 saturated heterocycles. The van der Waals surface area contributed by atoms with E-state index in [1.807, 2.05) is 4.90 Å². The molecule has 0 radical (unpaired) electrons. The highest BCUT2D eigenvalue weighted by atomic mass is 16.6. The number of rotatable bonds is 53. The Bertz CT molecular complexity index is 1010. The third-order valence-corrected chi connectivity index (χ3v) is 13.6. The second-order valence-electron chi connectivity index (χ2n) is 20.8. The summed E-state index contributed by atoms with van der Waals surface area (Å²) in [4.78, 5) is 43.5. The summed E-state index contributed by atoms with van der Waals surface area (Å²) >= 11 is 0. The maximum Gasteiger partial charge on any atom is 0.410 e. The first-order valence-corrected chi connectivity index (χ1v) is 29.8. The summed E-state index contributed by atoms with van der Waals surface area (Å²) in [6.07, 6.45) is 44.1. The van der Waals surface area contributed by atoms with Crippen molar-refractivity contribution in [1.29, 1.82) is 0 Å². The summed E-state index contributed by atoms with van der Waals surface area (Å²) in [7, 11) is 4.17. The van der Waals surface area contributed by atoms with E-state index >= 15 is 0 Å². The molecule has 68 heavy (non-hydrogen) atoms. The molecule has 0 rings (SSSR count). The maximum absolute atomic E-state index is 13.8. The highest BCUT2D eigenvalue weighted by Gasteiger charge is 2.21. The smallest absolute Gasteiger partial charge is 0.410 e. The van der Waals surface area contributed by atoms with E-state index in [9.17, 15) is 14.4 Å². The van der Waals surface area contributed by atoms with Crippen LogP contribution in [0.25, 0.3) is 0 Å². The van der Waals surface area contributed by atoms with Crippen LogP contribution in [0.3, 0.4) is 0 Å². The summed E-state index contributed by atoms with van der Waals surface area (Å²) < 4.78 is 24.2. The quantitative estimate of drug-likeness (QED) is 0.0338. The molecule has 0 aliphatic rings. The Morgan fingerprint density at radius 2 is 0.662 bits per heavy atom. The Morgan fingerprint density at radius 3 is 1.04 bits per heavy atom. The van der Waals surface area contributed by atoms with Gasteiger partial charge in [-0.1, -0.05) is 169 Å². The van der Waals surface area contributed by atoms with Gasteiger partial charge in [0.25, 0.3) is 0 Å². The van der Waals surface area contributed by atoms with Crippen LogP contribution in [0.5, 0.6) is 0 Å². The minimum absolute atomic E-state index is 0.00768. The third-order valence-electron chi connectivity index (χ3n) is 13.6. The van der Waals surface area contributed by atoms with Gasteiger partial charge in [-0.25, -0.2) is 4.79 Å². The van der Waals surface area contributed by atoms with E-state index in [-0.39, 0.29) is 36.3 Å². The summed E-state index contributed by atoms with van der Waals surface area (Å²) in [5.74, 6) is -0.0154. The number of unbranched alkanes of at least 4 members (excludes halogenated alkanes) is 24. The number of hydrogen-bond acceptors (Lipinski definition) is 8. The van der Waals surface area contributed by atoms with E-state index in [0.29, 0.717) is 25.9 Å². The summed E-state index contributed by atoms with van der Waals surface area (Å²) in [6.45, 7) is 15.0. The van der Waals surface area contributed by atoms with Crippen LogP contribution in [0.4, 0.5) is 4.79 Å². The molecule has 0 bridgehead atoms. The molecule has 0 aromatic heterocycles. The molecule has 0 aliphatic heterocycles. The lowest BCUT2D eigenvalue weighted by molar-refractivity contribution is -0.151. The van der Waals surface area contributed by atoms with E-state index in [1.54, 1.807) is 0 Å². The molecule has 9 heteroatoms. The van der Waals surface area contributed by atoms with E-state index in [2.05, 4.69) is 53.6 Å². The Kier molecular flexibility index (Phi) is 50.1. The van der Waals surface area contributed by atoms with Crippen LogP contribution in [0.2, 0.25) is 0 Å². The zero-order valence-electron chi connectivity index (χ0n) is 46.5. The Balaban J connectivity index is 5.05. The van der Waals surface area contributed by atoms with Gasteiger partial charge >= 0.3 is 18.0 Å². The molecule has 0 fully saturated rings. The lowest BCUT2D eigenvalue weighted by Crippen LogP contribution is -2.37. The highest BCUT2D eigenvalue weighted by molar-refractivity contribution is 5.70. The fourth-order valence-electron chi connectivity index (χ4n) is 9.11. The fraction of sp³-hybridized carbons (Fsp3) is 0.949. The van der Waals surface area contributed by atoms with Crippen LogP contribution in [0.15, 0.2) is 0 Å². The highest BCUT2D eigenvalue weighted by Crippen LogP contribution is 2.21. The Hall–Kier alpha value is -1.87. The summed E-state index contributed by atoms with van der Waals surface area (Å²) in [5.41, 5.74) is 0. The van der Waals surface area contributed by atoms with Gasteiger partial charge in [0, 0.05) is 39.1 Å². The van der Waals surface area contributed by atoms with Crippen molar-refractivity contribution in [3.63, 3.8) is 0 Å². The van der Waals surface area contributed by atoms with Gasteiger partial charge in [-0.05, 0) is 136 Å². The lowest BCUT2D eigenvalue weighted by atomic mass is 10.0. The van der Waals surface area contributed by atoms with Crippen molar-refractivity contribution in [1.82, 2.24) is 9.80 Å². The number of amides is 1. The predicted octanol–water partition coefficient (Wildman–Crippen LogP) is 17.3. The van der Waals surface area contributed by atoms with Crippen LogP contribution >= 0.6 is 0 Å². The van der Waals surface area contributed by atoms with Crippen molar-refractivity contribution in [2.45, 2.75) is 316 Å². The molecule has 0 saturated carbocycles. The van der Waals surface area contributed by atoms with Crippen molar-refractivity contribution in [2.24, 2.45) is 0 Å². The molecule has 9 nitrogen and oxygen atoms in total. The molecule has 0 spiro atoms. The van der Waals surface area contributed by atoms with Gasteiger partial charge in [0.2, 0.25) is 0 Å². The normalized spacial score (nSPS) is 11.7. The van der Waals surface area contributed by atoms with Gasteiger partial charge in [0.1, 0.15) is 18.3 Å².